The molecule has 0 aromatic heterocycles. The van der Waals surface area contributed by atoms with E-state index in [2.05, 4.69) is 10.6 Å². The van der Waals surface area contributed by atoms with Crippen molar-refractivity contribution in [2.24, 2.45) is 0 Å². The van der Waals surface area contributed by atoms with E-state index in [4.69, 9.17) is 0 Å². The van der Waals surface area contributed by atoms with E-state index in [1.54, 1.807) is 0 Å². The second kappa shape index (κ2) is 6.02. The standard InChI is InChI=1S/C11H22N2O/c1-9(2)13-11(14)7-3-5-10-6-4-8-12-10/h9-10,12H,3-8H2,1-2H3,(H,13,14). The molecule has 0 saturated carbocycles. The minimum absolute atomic E-state index is 0.193. The Labute approximate surface area is 86.6 Å². The Hall–Kier alpha value is -0.570. The lowest BCUT2D eigenvalue weighted by Crippen LogP contribution is -2.30. The number of carbonyl (C=O) groups is 1. The summed E-state index contributed by atoms with van der Waals surface area (Å²) >= 11 is 0. The summed E-state index contributed by atoms with van der Waals surface area (Å²) in [5, 5.41) is 6.35. The molecular formula is C11H22N2O. The predicted molar refractivity (Wildman–Crippen MR) is 58.2 cm³/mol. The van der Waals surface area contributed by atoms with Crippen LogP contribution in [0.1, 0.15) is 46.0 Å². The van der Waals surface area contributed by atoms with Crippen LogP contribution < -0.4 is 10.6 Å². The van der Waals surface area contributed by atoms with Crippen molar-refractivity contribution in [3.05, 3.63) is 0 Å². The van der Waals surface area contributed by atoms with Gasteiger partial charge in [0.1, 0.15) is 0 Å². The zero-order valence-corrected chi connectivity index (χ0v) is 9.31. The fraction of sp³-hybridized carbons (Fsp3) is 0.909. The highest BCUT2D eigenvalue weighted by atomic mass is 16.1. The molecule has 3 heteroatoms. The first-order chi connectivity index (χ1) is 6.68. The van der Waals surface area contributed by atoms with Crippen LogP contribution in [0.15, 0.2) is 0 Å². The van der Waals surface area contributed by atoms with Gasteiger partial charge in [-0.2, -0.15) is 0 Å². The Morgan fingerprint density at radius 2 is 2.36 bits per heavy atom. The van der Waals surface area contributed by atoms with Gasteiger partial charge in [-0.15, -0.1) is 0 Å². The van der Waals surface area contributed by atoms with Crippen LogP contribution >= 0.6 is 0 Å². The summed E-state index contributed by atoms with van der Waals surface area (Å²) in [6.07, 6.45) is 5.41. The smallest absolute Gasteiger partial charge is 0.220 e. The fourth-order valence-electron chi connectivity index (χ4n) is 1.91. The highest BCUT2D eigenvalue weighted by Gasteiger charge is 2.13. The van der Waals surface area contributed by atoms with Crippen LogP contribution in [0.2, 0.25) is 0 Å². The second-order valence-electron chi connectivity index (χ2n) is 4.41. The molecule has 1 fully saturated rings. The van der Waals surface area contributed by atoms with Crippen LogP contribution in [-0.4, -0.2) is 24.5 Å². The van der Waals surface area contributed by atoms with E-state index in [-0.39, 0.29) is 11.9 Å². The summed E-state index contributed by atoms with van der Waals surface area (Å²) in [6.45, 7) is 5.15. The van der Waals surface area contributed by atoms with E-state index in [9.17, 15) is 4.79 Å². The first-order valence-electron chi connectivity index (χ1n) is 5.71. The first-order valence-corrected chi connectivity index (χ1v) is 5.71. The van der Waals surface area contributed by atoms with Crippen LogP contribution in [0.4, 0.5) is 0 Å². The summed E-state index contributed by atoms with van der Waals surface area (Å²) in [7, 11) is 0. The minimum atomic E-state index is 0.193. The van der Waals surface area contributed by atoms with Crippen molar-refractivity contribution in [2.75, 3.05) is 6.54 Å². The summed E-state index contributed by atoms with van der Waals surface area (Å²) < 4.78 is 0. The highest BCUT2D eigenvalue weighted by molar-refractivity contribution is 5.76. The van der Waals surface area contributed by atoms with E-state index in [1.807, 2.05) is 13.8 Å². The van der Waals surface area contributed by atoms with Gasteiger partial charge in [-0.05, 0) is 46.1 Å². The fourth-order valence-corrected chi connectivity index (χ4v) is 1.91. The maximum absolute atomic E-state index is 11.3. The molecule has 0 spiro atoms. The van der Waals surface area contributed by atoms with Crippen molar-refractivity contribution in [1.29, 1.82) is 0 Å². The van der Waals surface area contributed by atoms with Crippen molar-refractivity contribution in [1.82, 2.24) is 10.6 Å². The lowest BCUT2D eigenvalue weighted by Gasteiger charge is -2.10. The largest absolute Gasteiger partial charge is 0.354 e. The zero-order valence-electron chi connectivity index (χ0n) is 9.31. The number of hydrogen-bond donors (Lipinski definition) is 2. The normalized spacial score (nSPS) is 21.5. The Morgan fingerprint density at radius 3 is 2.93 bits per heavy atom. The quantitative estimate of drug-likeness (QED) is 0.701. The Balaban J connectivity index is 1.99. The molecule has 1 aliphatic rings. The molecule has 1 heterocycles. The van der Waals surface area contributed by atoms with Crippen LogP contribution in [0, 0.1) is 0 Å². The van der Waals surface area contributed by atoms with Crippen molar-refractivity contribution in [3.63, 3.8) is 0 Å². The van der Waals surface area contributed by atoms with Gasteiger partial charge >= 0.3 is 0 Å². The summed E-state index contributed by atoms with van der Waals surface area (Å²) in [6, 6.07) is 0.939. The third-order valence-electron chi connectivity index (χ3n) is 2.57. The monoisotopic (exact) mass is 198 g/mol. The third-order valence-corrected chi connectivity index (χ3v) is 2.57. The summed E-state index contributed by atoms with van der Waals surface area (Å²) in [5.74, 6) is 0.193. The van der Waals surface area contributed by atoms with Gasteiger partial charge in [-0.25, -0.2) is 0 Å². The molecule has 1 atom stereocenters. The second-order valence-corrected chi connectivity index (χ2v) is 4.41. The van der Waals surface area contributed by atoms with Crippen molar-refractivity contribution in [2.45, 2.75) is 58.0 Å². The Morgan fingerprint density at radius 1 is 1.57 bits per heavy atom. The molecule has 1 rings (SSSR count). The van der Waals surface area contributed by atoms with Gasteiger partial charge in [0.2, 0.25) is 5.91 Å². The molecule has 14 heavy (non-hydrogen) atoms. The number of carbonyl (C=O) groups excluding carboxylic acids is 1. The number of rotatable bonds is 5. The average molecular weight is 198 g/mol. The molecule has 1 aliphatic heterocycles. The van der Waals surface area contributed by atoms with Crippen LogP contribution in [0.5, 0.6) is 0 Å². The lowest BCUT2D eigenvalue weighted by molar-refractivity contribution is -0.121. The van der Waals surface area contributed by atoms with Gasteiger partial charge in [-0.1, -0.05) is 0 Å². The molecular weight excluding hydrogens is 176 g/mol. The predicted octanol–water partition coefficient (Wildman–Crippen LogP) is 1.43. The van der Waals surface area contributed by atoms with Gasteiger partial charge in [0.05, 0.1) is 0 Å². The molecule has 0 aromatic carbocycles. The van der Waals surface area contributed by atoms with E-state index in [0.29, 0.717) is 12.5 Å². The lowest BCUT2D eigenvalue weighted by atomic mass is 10.1. The van der Waals surface area contributed by atoms with Gasteiger partial charge in [0.25, 0.3) is 0 Å². The SMILES string of the molecule is CC(C)NC(=O)CCCC1CCCN1. The third kappa shape index (κ3) is 4.61. The van der Waals surface area contributed by atoms with Crippen molar-refractivity contribution in [3.8, 4) is 0 Å². The van der Waals surface area contributed by atoms with Gasteiger partial charge in [-0.3, -0.25) is 4.79 Å². The average Bonchev–Trinajstić information content (AvgIpc) is 2.55. The minimum Gasteiger partial charge on any atom is -0.354 e. The number of nitrogens with one attached hydrogen (secondary N) is 2. The van der Waals surface area contributed by atoms with Crippen LogP contribution in [0.3, 0.4) is 0 Å². The van der Waals surface area contributed by atoms with Crippen LogP contribution in [-0.2, 0) is 4.79 Å². The van der Waals surface area contributed by atoms with E-state index < -0.39 is 0 Å². The molecule has 2 N–H and O–H groups in total. The molecule has 3 nitrogen and oxygen atoms in total. The molecule has 82 valence electrons. The van der Waals surface area contributed by atoms with E-state index in [1.165, 1.54) is 12.8 Å². The summed E-state index contributed by atoms with van der Waals surface area (Å²) in [5.41, 5.74) is 0. The van der Waals surface area contributed by atoms with Gasteiger partial charge in [0, 0.05) is 18.5 Å². The molecule has 1 amide bonds. The molecule has 1 saturated heterocycles. The maximum atomic E-state index is 11.3. The Kier molecular flexibility index (Phi) is 4.94. The topological polar surface area (TPSA) is 41.1 Å². The highest BCUT2D eigenvalue weighted by Crippen LogP contribution is 2.11. The number of hydrogen-bond acceptors (Lipinski definition) is 2. The molecule has 1 unspecified atom stereocenters. The van der Waals surface area contributed by atoms with Gasteiger partial charge < -0.3 is 10.6 Å². The van der Waals surface area contributed by atoms with E-state index >= 15 is 0 Å². The molecule has 0 aliphatic carbocycles. The van der Waals surface area contributed by atoms with Crippen LogP contribution in [0.25, 0.3) is 0 Å². The molecule has 0 bridgehead atoms. The van der Waals surface area contributed by atoms with Crippen molar-refractivity contribution < 1.29 is 4.79 Å². The summed E-state index contributed by atoms with van der Waals surface area (Å²) in [4.78, 5) is 11.3. The maximum Gasteiger partial charge on any atom is 0.220 e. The molecule has 0 aromatic rings. The van der Waals surface area contributed by atoms with Gasteiger partial charge in [0.15, 0.2) is 0 Å². The number of amides is 1. The van der Waals surface area contributed by atoms with Crippen molar-refractivity contribution >= 4 is 5.91 Å². The van der Waals surface area contributed by atoms with E-state index in [0.717, 1.165) is 19.4 Å². The zero-order chi connectivity index (χ0) is 10.4. The molecule has 0 radical (unpaired) electrons. The first kappa shape index (κ1) is 11.5. The Bertz CT molecular complexity index is 174.